The Morgan fingerprint density at radius 1 is 0.476 bits per heavy atom. The summed E-state index contributed by atoms with van der Waals surface area (Å²) >= 11 is 0. The van der Waals surface area contributed by atoms with Gasteiger partial charge in [0.25, 0.3) is 23.6 Å². The first-order valence-corrected chi connectivity index (χ1v) is 13.1. The molecule has 8 rings (SSSR count). The van der Waals surface area contributed by atoms with Crippen molar-refractivity contribution in [3.8, 4) is 11.1 Å². The first-order valence-electron chi connectivity index (χ1n) is 13.1. The van der Waals surface area contributed by atoms with Gasteiger partial charge in [0.2, 0.25) is 0 Å². The van der Waals surface area contributed by atoms with Crippen molar-refractivity contribution in [2.75, 3.05) is 9.80 Å². The Balaban J connectivity index is 1.50. The van der Waals surface area contributed by atoms with Crippen LogP contribution in [0.3, 0.4) is 0 Å². The van der Waals surface area contributed by atoms with E-state index in [4.69, 9.17) is 0 Å². The number of nitrogens with zero attached hydrogens (tertiary/aromatic N) is 5. The van der Waals surface area contributed by atoms with E-state index in [1.165, 1.54) is 24.8 Å². The molecule has 0 radical (unpaired) electrons. The number of pyridine rings is 3. The summed E-state index contributed by atoms with van der Waals surface area (Å²) in [4.78, 5) is 70.8. The molecular weight excluding hydrogens is 530 g/mol. The first kappa shape index (κ1) is 23.8. The highest BCUT2D eigenvalue weighted by Gasteiger charge is 2.42. The molecule has 5 heterocycles. The van der Waals surface area contributed by atoms with Crippen LogP contribution < -0.4 is 9.80 Å². The van der Waals surface area contributed by atoms with Crippen molar-refractivity contribution >= 4 is 56.5 Å². The third-order valence-corrected chi connectivity index (χ3v) is 7.82. The molecule has 2 aliphatic rings. The molecule has 9 heteroatoms. The van der Waals surface area contributed by atoms with E-state index in [2.05, 4.69) is 15.0 Å². The molecule has 42 heavy (non-hydrogen) atoms. The van der Waals surface area contributed by atoms with Crippen molar-refractivity contribution in [2.45, 2.75) is 0 Å². The van der Waals surface area contributed by atoms with Gasteiger partial charge in [-0.25, -0.2) is 9.80 Å². The van der Waals surface area contributed by atoms with Crippen LogP contribution in [0.1, 0.15) is 41.4 Å². The van der Waals surface area contributed by atoms with Gasteiger partial charge in [0.05, 0.1) is 16.9 Å². The molecule has 4 amide bonds. The average molecular weight is 548 g/mol. The number of amides is 4. The number of carbonyl (C=O) groups excluding carboxylic acids is 4. The lowest BCUT2D eigenvalue weighted by Crippen LogP contribution is -2.43. The van der Waals surface area contributed by atoms with Crippen LogP contribution in [0.25, 0.3) is 32.7 Å². The number of carbonyl (C=O) groups is 4. The molecule has 0 atom stereocenters. The number of imide groups is 2. The maximum atomic E-state index is 14.4. The quantitative estimate of drug-likeness (QED) is 0.271. The maximum absolute atomic E-state index is 14.4. The monoisotopic (exact) mass is 547 g/mol. The van der Waals surface area contributed by atoms with Gasteiger partial charge in [-0.3, -0.25) is 34.1 Å². The second-order valence-corrected chi connectivity index (χ2v) is 9.96. The van der Waals surface area contributed by atoms with Crippen LogP contribution in [-0.4, -0.2) is 38.6 Å². The molecule has 3 aromatic heterocycles. The van der Waals surface area contributed by atoms with Crippen LogP contribution >= 0.6 is 0 Å². The Hall–Kier alpha value is -6.09. The fourth-order valence-electron chi connectivity index (χ4n) is 5.99. The summed E-state index contributed by atoms with van der Waals surface area (Å²) < 4.78 is 0. The second kappa shape index (κ2) is 8.70. The highest BCUT2D eigenvalue weighted by molar-refractivity contribution is 6.43. The predicted octanol–water partition coefficient (Wildman–Crippen LogP) is 5.45. The predicted molar refractivity (Wildman–Crippen MR) is 155 cm³/mol. The SMILES string of the molecule is O=C1c2ccc3c4c(c(-c5cccc6ccncc56)cc(c24)C(=O)N1c1ccncc1)C(=O)N(c1ccncc1)C3=O. The van der Waals surface area contributed by atoms with Gasteiger partial charge in [-0.05, 0) is 65.0 Å². The van der Waals surface area contributed by atoms with Crippen LogP contribution in [0.2, 0.25) is 0 Å². The molecule has 3 aromatic carbocycles. The Morgan fingerprint density at radius 2 is 1.05 bits per heavy atom. The van der Waals surface area contributed by atoms with E-state index >= 15 is 0 Å². The lowest BCUT2D eigenvalue weighted by Gasteiger charge is -2.33. The molecular formula is C33H17N5O4. The standard InChI is InChI=1S/C33H17N5O4/c39-30-22-4-5-23-28-27(22)25(32(41)37(30)19-7-12-34-13-8-19)16-24(21-3-1-2-18-6-11-36-17-26(18)21)29(28)33(42)38(31(23)40)20-9-14-35-15-10-20/h1-17H. The van der Waals surface area contributed by atoms with Gasteiger partial charge in [-0.1, -0.05) is 18.2 Å². The van der Waals surface area contributed by atoms with E-state index < -0.39 is 23.6 Å². The number of fused-ring (bicyclic) bond motifs is 1. The molecule has 0 unspecified atom stereocenters. The maximum Gasteiger partial charge on any atom is 0.266 e. The van der Waals surface area contributed by atoms with Crippen LogP contribution in [0.5, 0.6) is 0 Å². The second-order valence-electron chi connectivity index (χ2n) is 9.96. The molecule has 0 saturated carbocycles. The molecule has 0 N–H and O–H groups in total. The molecule has 0 saturated heterocycles. The van der Waals surface area contributed by atoms with Crippen molar-refractivity contribution in [3.63, 3.8) is 0 Å². The number of rotatable bonds is 3. The van der Waals surface area contributed by atoms with Crippen molar-refractivity contribution < 1.29 is 19.2 Å². The van der Waals surface area contributed by atoms with E-state index in [0.717, 1.165) is 20.6 Å². The zero-order valence-corrected chi connectivity index (χ0v) is 21.7. The van der Waals surface area contributed by atoms with Crippen molar-refractivity contribution in [3.05, 3.63) is 126 Å². The lowest BCUT2D eigenvalue weighted by atomic mass is 9.81. The lowest BCUT2D eigenvalue weighted by molar-refractivity contribution is 0.0873. The number of benzene rings is 3. The largest absolute Gasteiger partial charge is 0.268 e. The van der Waals surface area contributed by atoms with Gasteiger partial charge >= 0.3 is 0 Å². The summed E-state index contributed by atoms with van der Waals surface area (Å²) in [5, 5.41) is 2.24. The summed E-state index contributed by atoms with van der Waals surface area (Å²) in [6.07, 6.45) is 9.41. The van der Waals surface area contributed by atoms with Crippen LogP contribution in [0, 0.1) is 0 Å². The summed E-state index contributed by atoms with van der Waals surface area (Å²) in [6, 6.07) is 18.6. The Bertz CT molecular complexity index is 2180. The molecule has 6 aromatic rings. The van der Waals surface area contributed by atoms with Gasteiger partial charge in [-0.2, -0.15) is 0 Å². The summed E-state index contributed by atoms with van der Waals surface area (Å²) in [5.74, 6) is -2.22. The van der Waals surface area contributed by atoms with E-state index in [1.807, 2.05) is 24.3 Å². The average Bonchev–Trinajstić information content (AvgIpc) is 3.03. The minimum atomic E-state index is -0.560. The minimum absolute atomic E-state index is 0.218. The van der Waals surface area contributed by atoms with Crippen LogP contribution in [0.15, 0.2) is 104 Å². The van der Waals surface area contributed by atoms with E-state index in [9.17, 15) is 19.2 Å². The van der Waals surface area contributed by atoms with Gasteiger partial charge in [-0.15, -0.1) is 0 Å². The third kappa shape index (κ3) is 3.15. The van der Waals surface area contributed by atoms with Crippen LogP contribution in [-0.2, 0) is 0 Å². The van der Waals surface area contributed by atoms with Crippen molar-refractivity contribution in [2.24, 2.45) is 0 Å². The smallest absolute Gasteiger partial charge is 0.266 e. The molecule has 198 valence electrons. The molecule has 0 fully saturated rings. The molecule has 0 spiro atoms. The fourth-order valence-corrected chi connectivity index (χ4v) is 5.99. The molecule has 0 bridgehead atoms. The number of anilines is 2. The van der Waals surface area contributed by atoms with E-state index in [-0.39, 0.29) is 27.6 Å². The number of aromatic nitrogens is 3. The zero-order valence-electron chi connectivity index (χ0n) is 21.7. The summed E-state index contributed by atoms with van der Waals surface area (Å²) in [7, 11) is 0. The van der Waals surface area contributed by atoms with E-state index in [0.29, 0.717) is 27.9 Å². The molecule has 9 nitrogen and oxygen atoms in total. The number of hydrogen-bond donors (Lipinski definition) is 0. The Labute approximate surface area is 237 Å². The van der Waals surface area contributed by atoms with Crippen molar-refractivity contribution in [1.82, 2.24) is 15.0 Å². The topological polar surface area (TPSA) is 113 Å². The highest BCUT2D eigenvalue weighted by atomic mass is 16.2. The van der Waals surface area contributed by atoms with E-state index in [1.54, 1.807) is 54.9 Å². The Kier molecular flexibility index (Phi) is 4.93. The summed E-state index contributed by atoms with van der Waals surface area (Å²) in [6.45, 7) is 0. The molecule has 0 aliphatic carbocycles. The normalized spacial score (nSPS) is 14.3. The third-order valence-electron chi connectivity index (χ3n) is 7.82. The fraction of sp³-hybridized carbons (Fsp3) is 0. The molecule has 2 aliphatic heterocycles. The van der Waals surface area contributed by atoms with Gasteiger partial charge in [0.1, 0.15) is 0 Å². The minimum Gasteiger partial charge on any atom is -0.268 e. The van der Waals surface area contributed by atoms with Gasteiger partial charge in [0.15, 0.2) is 0 Å². The number of hydrogen-bond acceptors (Lipinski definition) is 7. The Morgan fingerprint density at radius 3 is 1.71 bits per heavy atom. The first-order chi connectivity index (χ1) is 20.5. The van der Waals surface area contributed by atoms with Gasteiger partial charge in [0, 0.05) is 70.0 Å². The highest BCUT2D eigenvalue weighted by Crippen LogP contribution is 2.45. The van der Waals surface area contributed by atoms with Crippen LogP contribution in [0.4, 0.5) is 11.4 Å². The summed E-state index contributed by atoms with van der Waals surface area (Å²) in [5.41, 5.74) is 2.76. The van der Waals surface area contributed by atoms with Gasteiger partial charge < -0.3 is 0 Å². The zero-order chi connectivity index (χ0) is 28.5. The van der Waals surface area contributed by atoms with Crippen molar-refractivity contribution in [1.29, 1.82) is 0 Å².